The zero-order chi connectivity index (χ0) is 30.4. The maximum Gasteiger partial charge on any atom is 0.252 e. The van der Waals surface area contributed by atoms with Gasteiger partial charge in [-0.2, -0.15) is 0 Å². The van der Waals surface area contributed by atoms with Gasteiger partial charge in [0.05, 0.1) is 22.6 Å². The normalized spacial score (nSPS) is 14.8. The Bertz CT molecular complexity index is 2700. The van der Waals surface area contributed by atoms with Gasteiger partial charge >= 0.3 is 0 Å². The van der Waals surface area contributed by atoms with E-state index in [1.54, 1.807) is 0 Å². The first-order valence-electron chi connectivity index (χ1n) is 16.5. The van der Waals surface area contributed by atoms with Crippen molar-refractivity contribution in [2.75, 3.05) is 4.90 Å². The predicted octanol–water partition coefficient (Wildman–Crippen LogP) is 8.76. The Hall–Kier alpha value is -5.39. The monoisotopic (exact) mass is 615 g/mol. The van der Waals surface area contributed by atoms with E-state index in [9.17, 15) is 0 Å². The number of rotatable bonds is 1. The van der Waals surface area contributed by atoms with Crippen LogP contribution in [-0.4, -0.2) is 15.8 Å². The van der Waals surface area contributed by atoms with Gasteiger partial charge in [-0.05, 0) is 83.3 Å². The molecule has 12 rings (SSSR count). The van der Waals surface area contributed by atoms with Crippen molar-refractivity contribution in [3.8, 4) is 11.4 Å². The van der Waals surface area contributed by atoms with Gasteiger partial charge in [-0.25, -0.2) is 0 Å². The smallest absolute Gasteiger partial charge is 0.252 e. The van der Waals surface area contributed by atoms with Crippen LogP contribution in [-0.2, 0) is 6.42 Å². The second-order valence-corrected chi connectivity index (χ2v) is 14.3. The van der Waals surface area contributed by atoms with Crippen LogP contribution < -0.4 is 21.3 Å². The van der Waals surface area contributed by atoms with Gasteiger partial charge in [-0.1, -0.05) is 96.7 Å². The predicted molar refractivity (Wildman–Crippen MR) is 198 cm³/mol. The molecule has 2 aromatic heterocycles. The maximum atomic E-state index is 2.61. The van der Waals surface area contributed by atoms with Gasteiger partial charge in [0.25, 0.3) is 6.71 Å². The number of aryl methyl sites for hydroxylation is 1. The summed E-state index contributed by atoms with van der Waals surface area (Å²) in [7, 11) is 0. The molecule has 0 spiro atoms. The van der Waals surface area contributed by atoms with Crippen LogP contribution in [0.25, 0.3) is 50.2 Å². The Balaban J connectivity index is 1.29. The van der Waals surface area contributed by atoms with Gasteiger partial charge in [0.1, 0.15) is 0 Å². The molecule has 1 aliphatic carbocycles. The molecule has 3 nitrogen and oxygen atoms in total. The van der Waals surface area contributed by atoms with Crippen molar-refractivity contribution in [3.05, 3.63) is 139 Å². The first kappa shape index (κ1) is 24.8. The van der Waals surface area contributed by atoms with Gasteiger partial charge in [0.15, 0.2) is 0 Å². The minimum Gasteiger partial charge on any atom is -0.310 e. The molecule has 5 heterocycles. The molecule has 0 unspecified atom stereocenters. The van der Waals surface area contributed by atoms with Crippen LogP contribution in [0.5, 0.6) is 0 Å². The van der Waals surface area contributed by atoms with E-state index in [1.165, 1.54) is 98.6 Å². The van der Waals surface area contributed by atoms with Gasteiger partial charge in [-0.15, -0.1) is 0 Å². The Kier molecular flexibility index (Phi) is 4.59. The fraction of sp³-hybridized carbons (Fsp3) is 0.0476. The van der Waals surface area contributed by atoms with Crippen LogP contribution in [0.15, 0.2) is 137 Å². The van der Waals surface area contributed by atoms with Crippen LogP contribution in [0.1, 0.15) is 17.7 Å². The number of benzene rings is 6. The molecule has 218 valence electrons. The molecule has 0 radical (unpaired) electrons. The number of anilines is 3. The average Bonchev–Trinajstić information content (AvgIpc) is 3.65. The molecule has 8 aromatic rings. The van der Waals surface area contributed by atoms with Crippen molar-refractivity contribution in [2.45, 2.75) is 22.6 Å². The van der Waals surface area contributed by atoms with E-state index >= 15 is 0 Å². The molecular formula is C42H26BN3S. The number of hydrogen-bond acceptors (Lipinski definition) is 2. The lowest BCUT2D eigenvalue weighted by atomic mass is 9.34. The van der Waals surface area contributed by atoms with Crippen molar-refractivity contribution < 1.29 is 0 Å². The Labute approximate surface area is 276 Å². The fourth-order valence-corrected chi connectivity index (χ4v) is 10.2. The molecule has 0 N–H and O–H groups in total. The molecule has 0 atom stereocenters. The second kappa shape index (κ2) is 8.70. The number of para-hydroxylation sites is 5. The zero-order valence-electron chi connectivity index (χ0n) is 25.4. The standard InChI is InChI=1S/C42H26BN3S/c1-3-17-32-26(11-1)28-13-9-15-30-41(28)45(32)36-23-25(44-34-19-5-7-21-38(34)47-39-22-8-6-20-35(39)44)24-37-40(36)43(30)31-16-10-14-29-27-12-2-4-18-33(27)46(37)42(29)31/h1,3-11,13-24H,2,12H2. The average molecular weight is 616 g/mol. The van der Waals surface area contributed by atoms with Crippen LogP contribution in [0, 0.1) is 0 Å². The van der Waals surface area contributed by atoms with Crippen molar-refractivity contribution in [1.82, 2.24) is 9.13 Å². The Morgan fingerprint density at radius 3 is 2.00 bits per heavy atom. The highest BCUT2D eigenvalue weighted by atomic mass is 32.2. The van der Waals surface area contributed by atoms with Crippen molar-refractivity contribution in [2.24, 2.45) is 0 Å². The second-order valence-electron chi connectivity index (χ2n) is 13.2. The molecule has 5 heteroatoms. The summed E-state index contributed by atoms with van der Waals surface area (Å²) in [5, 5.41) is 4.05. The molecule has 47 heavy (non-hydrogen) atoms. The quantitative estimate of drug-likeness (QED) is 0.171. The first-order chi connectivity index (χ1) is 23.3. The Morgan fingerprint density at radius 1 is 0.574 bits per heavy atom. The summed E-state index contributed by atoms with van der Waals surface area (Å²) >= 11 is 1.87. The SMILES string of the molecule is C1=Cc2c(c3cccc4c3n2-c2cc(N3c5ccccc5Sc5ccccc53)cc3c2B4c2cccc4c5ccccc5n-3c24)CC1. The number of allylic oxidation sites excluding steroid dienone is 1. The van der Waals surface area contributed by atoms with E-state index in [4.69, 9.17) is 0 Å². The van der Waals surface area contributed by atoms with E-state index in [0.717, 1.165) is 12.8 Å². The van der Waals surface area contributed by atoms with Crippen LogP contribution in [0.4, 0.5) is 17.1 Å². The lowest BCUT2D eigenvalue weighted by Gasteiger charge is -2.37. The van der Waals surface area contributed by atoms with E-state index < -0.39 is 0 Å². The number of fused-ring (bicyclic) bond motifs is 12. The topological polar surface area (TPSA) is 13.1 Å². The summed E-state index contributed by atoms with van der Waals surface area (Å²) in [4.78, 5) is 5.06. The molecule has 0 amide bonds. The molecule has 4 aliphatic rings. The van der Waals surface area contributed by atoms with Crippen LogP contribution in [0.3, 0.4) is 0 Å². The van der Waals surface area contributed by atoms with Crippen molar-refractivity contribution in [1.29, 1.82) is 0 Å². The molecular weight excluding hydrogens is 589 g/mol. The molecule has 0 fully saturated rings. The molecule has 0 saturated heterocycles. The lowest BCUT2D eigenvalue weighted by Crippen LogP contribution is -2.59. The van der Waals surface area contributed by atoms with Gasteiger partial charge < -0.3 is 14.0 Å². The first-order valence-corrected chi connectivity index (χ1v) is 17.4. The number of nitrogens with zero attached hydrogens (tertiary/aromatic N) is 3. The fourth-order valence-electron chi connectivity index (χ4n) is 9.18. The highest BCUT2D eigenvalue weighted by Crippen LogP contribution is 2.52. The maximum absolute atomic E-state index is 2.61. The molecule has 0 saturated carbocycles. The molecule has 3 aliphatic heterocycles. The summed E-state index contributed by atoms with van der Waals surface area (Å²) in [6.07, 6.45) is 6.91. The summed E-state index contributed by atoms with van der Waals surface area (Å²) in [6, 6.07) is 45.7. The summed E-state index contributed by atoms with van der Waals surface area (Å²) in [5.74, 6) is 0. The zero-order valence-corrected chi connectivity index (χ0v) is 26.3. The van der Waals surface area contributed by atoms with E-state index in [0.29, 0.717) is 0 Å². The van der Waals surface area contributed by atoms with Crippen molar-refractivity contribution >= 4 is 90.7 Å². The third-order valence-electron chi connectivity index (χ3n) is 10.9. The summed E-state index contributed by atoms with van der Waals surface area (Å²) in [5.41, 5.74) is 17.3. The summed E-state index contributed by atoms with van der Waals surface area (Å²) < 4.78 is 5.19. The lowest BCUT2D eigenvalue weighted by molar-refractivity contribution is 0.967. The molecule has 0 bridgehead atoms. The van der Waals surface area contributed by atoms with Crippen molar-refractivity contribution in [3.63, 3.8) is 0 Å². The van der Waals surface area contributed by atoms with E-state index in [1.807, 2.05) is 11.8 Å². The van der Waals surface area contributed by atoms with Crippen LogP contribution >= 0.6 is 11.8 Å². The van der Waals surface area contributed by atoms with Gasteiger partial charge in [0, 0.05) is 54.1 Å². The highest BCUT2D eigenvalue weighted by molar-refractivity contribution is 7.99. The minimum atomic E-state index is 0.155. The Morgan fingerprint density at radius 2 is 1.21 bits per heavy atom. The van der Waals surface area contributed by atoms with Gasteiger partial charge in [-0.3, -0.25) is 0 Å². The number of aromatic nitrogens is 2. The minimum absolute atomic E-state index is 0.155. The van der Waals surface area contributed by atoms with E-state index in [-0.39, 0.29) is 6.71 Å². The van der Waals surface area contributed by atoms with E-state index in [2.05, 4.69) is 148 Å². The van der Waals surface area contributed by atoms with Gasteiger partial charge in [0.2, 0.25) is 0 Å². The molecule has 6 aromatic carbocycles. The highest BCUT2D eigenvalue weighted by Gasteiger charge is 2.42. The van der Waals surface area contributed by atoms with Crippen LogP contribution in [0.2, 0.25) is 0 Å². The number of hydrogen-bond donors (Lipinski definition) is 0. The third kappa shape index (κ3) is 2.98. The largest absolute Gasteiger partial charge is 0.310 e. The third-order valence-corrected chi connectivity index (χ3v) is 12.1. The summed E-state index contributed by atoms with van der Waals surface area (Å²) in [6.45, 7) is 0.155.